The molecule has 2 aliphatic rings. The second-order valence-corrected chi connectivity index (χ2v) is 6.53. The van der Waals surface area contributed by atoms with Gasteiger partial charge >= 0.3 is 0 Å². The summed E-state index contributed by atoms with van der Waals surface area (Å²) < 4.78 is 13.5. The lowest BCUT2D eigenvalue weighted by Gasteiger charge is -2.32. The molecule has 2 aliphatic heterocycles. The number of ether oxygens (including phenoxy) is 2. The first-order valence-corrected chi connectivity index (χ1v) is 7.98. The lowest BCUT2D eigenvalue weighted by Crippen LogP contribution is -2.37. The first-order chi connectivity index (χ1) is 10.6. The third-order valence-corrected chi connectivity index (χ3v) is 4.58. The number of halogens is 1. The van der Waals surface area contributed by atoms with Gasteiger partial charge in [-0.3, -0.25) is 0 Å². The van der Waals surface area contributed by atoms with E-state index in [1.54, 1.807) is 0 Å². The molecule has 0 amide bonds. The molecule has 1 fully saturated rings. The van der Waals surface area contributed by atoms with Crippen molar-refractivity contribution in [2.75, 3.05) is 37.8 Å². The summed E-state index contributed by atoms with van der Waals surface area (Å²) in [5, 5.41) is 1.33. The van der Waals surface area contributed by atoms with Crippen molar-refractivity contribution in [2.45, 2.75) is 26.0 Å². The standard InChI is InChI=1S/C15H19ClN4O2/c1-15(2)11-9-10-12(19-3-6-21-7-4-19)17-14(16)18-13(10)20(11)5-8-22-15/h9H,3-8H2,1-2H3. The number of nitrogens with zero attached hydrogens (tertiary/aromatic N) is 4. The quantitative estimate of drug-likeness (QED) is 0.753. The van der Waals surface area contributed by atoms with Crippen molar-refractivity contribution in [2.24, 2.45) is 0 Å². The monoisotopic (exact) mass is 322 g/mol. The Balaban J connectivity index is 1.92. The van der Waals surface area contributed by atoms with Crippen LogP contribution in [0.25, 0.3) is 11.0 Å². The second kappa shape index (κ2) is 5.08. The molecule has 4 rings (SSSR count). The largest absolute Gasteiger partial charge is 0.378 e. The fraction of sp³-hybridized carbons (Fsp3) is 0.600. The third kappa shape index (κ3) is 2.17. The van der Waals surface area contributed by atoms with Crippen LogP contribution in [0.5, 0.6) is 0 Å². The lowest BCUT2D eigenvalue weighted by atomic mass is 10.0. The molecule has 2 aromatic rings. The van der Waals surface area contributed by atoms with Crippen LogP contribution in [0, 0.1) is 0 Å². The van der Waals surface area contributed by atoms with Gasteiger partial charge in [-0.15, -0.1) is 0 Å². The highest BCUT2D eigenvalue weighted by molar-refractivity contribution is 6.28. The van der Waals surface area contributed by atoms with E-state index in [9.17, 15) is 0 Å². The Bertz CT molecular complexity index is 722. The second-order valence-electron chi connectivity index (χ2n) is 6.19. The van der Waals surface area contributed by atoms with E-state index in [0.29, 0.717) is 25.1 Å². The van der Waals surface area contributed by atoms with Gasteiger partial charge in [0, 0.05) is 19.6 Å². The molecule has 0 bridgehead atoms. The molecule has 4 heterocycles. The Morgan fingerprint density at radius 2 is 1.91 bits per heavy atom. The van der Waals surface area contributed by atoms with Crippen LogP contribution in [0.1, 0.15) is 19.5 Å². The van der Waals surface area contributed by atoms with Crippen molar-refractivity contribution >= 4 is 28.5 Å². The molecule has 0 N–H and O–H groups in total. The minimum atomic E-state index is -0.326. The van der Waals surface area contributed by atoms with Crippen molar-refractivity contribution in [3.05, 3.63) is 17.0 Å². The molecular weight excluding hydrogens is 304 g/mol. The number of hydrogen-bond donors (Lipinski definition) is 0. The van der Waals surface area contributed by atoms with Crippen molar-refractivity contribution < 1.29 is 9.47 Å². The average molecular weight is 323 g/mol. The van der Waals surface area contributed by atoms with Crippen LogP contribution in [0.3, 0.4) is 0 Å². The van der Waals surface area contributed by atoms with E-state index in [1.165, 1.54) is 0 Å². The Hall–Kier alpha value is -1.37. The van der Waals surface area contributed by atoms with E-state index in [0.717, 1.165) is 42.2 Å². The maximum atomic E-state index is 6.19. The van der Waals surface area contributed by atoms with Gasteiger partial charge in [0.25, 0.3) is 0 Å². The zero-order chi connectivity index (χ0) is 15.3. The normalized spacial score (nSPS) is 21.1. The molecule has 7 heteroatoms. The maximum absolute atomic E-state index is 6.19. The van der Waals surface area contributed by atoms with Crippen LogP contribution < -0.4 is 4.90 Å². The zero-order valence-corrected chi connectivity index (χ0v) is 13.6. The Morgan fingerprint density at radius 3 is 2.68 bits per heavy atom. The van der Waals surface area contributed by atoms with Crippen LogP contribution in [-0.4, -0.2) is 47.4 Å². The molecule has 0 atom stereocenters. The molecule has 1 saturated heterocycles. The first-order valence-electron chi connectivity index (χ1n) is 7.60. The SMILES string of the molecule is CC1(C)OCCn2c1cc1c(N3CCOCC3)nc(Cl)nc12. The summed E-state index contributed by atoms with van der Waals surface area (Å²) in [5.41, 5.74) is 1.70. The van der Waals surface area contributed by atoms with Crippen molar-refractivity contribution in [3.8, 4) is 0 Å². The van der Waals surface area contributed by atoms with Crippen molar-refractivity contribution in [1.82, 2.24) is 14.5 Å². The average Bonchev–Trinajstić information content (AvgIpc) is 2.87. The summed E-state index contributed by atoms with van der Waals surface area (Å²) in [5.74, 6) is 0.899. The molecule has 0 unspecified atom stereocenters. The minimum Gasteiger partial charge on any atom is -0.378 e. The molecule has 0 radical (unpaired) electrons. The molecule has 0 aromatic carbocycles. The summed E-state index contributed by atoms with van der Waals surface area (Å²) in [4.78, 5) is 11.2. The summed E-state index contributed by atoms with van der Waals surface area (Å²) in [6, 6.07) is 2.15. The lowest BCUT2D eigenvalue weighted by molar-refractivity contribution is -0.0494. The van der Waals surface area contributed by atoms with E-state index in [-0.39, 0.29) is 5.60 Å². The predicted octanol–water partition coefficient (Wildman–Crippen LogP) is 2.19. The van der Waals surface area contributed by atoms with E-state index in [1.807, 2.05) is 0 Å². The van der Waals surface area contributed by atoms with Crippen molar-refractivity contribution in [3.63, 3.8) is 0 Å². The smallest absolute Gasteiger partial charge is 0.226 e. The number of morpholine rings is 1. The summed E-state index contributed by atoms with van der Waals surface area (Å²) >= 11 is 6.19. The molecular formula is C15H19ClN4O2. The van der Waals surface area contributed by atoms with Gasteiger partial charge in [-0.25, -0.2) is 0 Å². The highest BCUT2D eigenvalue weighted by atomic mass is 35.5. The number of aromatic nitrogens is 3. The van der Waals surface area contributed by atoms with Gasteiger partial charge in [0.2, 0.25) is 5.28 Å². The number of anilines is 1. The molecule has 2 aromatic heterocycles. The molecule has 0 spiro atoms. The van der Waals surface area contributed by atoms with Gasteiger partial charge < -0.3 is 18.9 Å². The number of hydrogen-bond acceptors (Lipinski definition) is 5. The predicted molar refractivity (Wildman–Crippen MR) is 84.5 cm³/mol. The fourth-order valence-corrected chi connectivity index (χ4v) is 3.45. The van der Waals surface area contributed by atoms with Crippen LogP contribution in [0.4, 0.5) is 5.82 Å². The number of fused-ring (bicyclic) bond motifs is 3. The van der Waals surface area contributed by atoms with Crippen LogP contribution in [-0.2, 0) is 21.6 Å². The van der Waals surface area contributed by atoms with E-state index in [4.69, 9.17) is 21.1 Å². The van der Waals surface area contributed by atoms with Gasteiger partial charge in [0.1, 0.15) is 17.1 Å². The molecule has 0 aliphatic carbocycles. The van der Waals surface area contributed by atoms with E-state index >= 15 is 0 Å². The molecule has 118 valence electrons. The Morgan fingerprint density at radius 1 is 1.14 bits per heavy atom. The third-order valence-electron chi connectivity index (χ3n) is 4.41. The van der Waals surface area contributed by atoms with Gasteiger partial charge in [-0.2, -0.15) is 9.97 Å². The summed E-state index contributed by atoms with van der Waals surface area (Å²) in [6.07, 6.45) is 0. The highest BCUT2D eigenvalue weighted by Crippen LogP contribution is 2.36. The van der Waals surface area contributed by atoms with Gasteiger partial charge in [0.05, 0.1) is 30.9 Å². The summed E-state index contributed by atoms with van der Waals surface area (Å²) in [6.45, 7) is 8.71. The zero-order valence-electron chi connectivity index (χ0n) is 12.8. The van der Waals surface area contributed by atoms with Crippen molar-refractivity contribution in [1.29, 1.82) is 0 Å². The Kier molecular flexibility index (Phi) is 3.29. The maximum Gasteiger partial charge on any atom is 0.226 e. The van der Waals surface area contributed by atoms with Crippen LogP contribution in [0.2, 0.25) is 5.28 Å². The van der Waals surface area contributed by atoms with Gasteiger partial charge in [-0.05, 0) is 31.5 Å². The fourth-order valence-electron chi connectivity index (χ4n) is 3.29. The highest BCUT2D eigenvalue weighted by Gasteiger charge is 2.32. The minimum absolute atomic E-state index is 0.291. The van der Waals surface area contributed by atoms with Crippen LogP contribution >= 0.6 is 11.6 Å². The topological polar surface area (TPSA) is 52.4 Å². The van der Waals surface area contributed by atoms with E-state index in [2.05, 4.69) is 39.3 Å². The molecule has 0 saturated carbocycles. The Labute approximate surface area is 134 Å². The van der Waals surface area contributed by atoms with Crippen LogP contribution in [0.15, 0.2) is 6.07 Å². The van der Waals surface area contributed by atoms with Gasteiger partial charge in [0.15, 0.2) is 0 Å². The number of rotatable bonds is 1. The molecule has 6 nitrogen and oxygen atoms in total. The van der Waals surface area contributed by atoms with Gasteiger partial charge in [-0.1, -0.05) is 0 Å². The molecule has 22 heavy (non-hydrogen) atoms. The summed E-state index contributed by atoms with van der Waals surface area (Å²) in [7, 11) is 0. The first kappa shape index (κ1) is 14.2. The van der Waals surface area contributed by atoms with E-state index < -0.39 is 0 Å².